The maximum atomic E-state index is 3.53. The van der Waals surface area contributed by atoms with E-state index in [-0.39, 0.29) is 0 Å². The molecule has 5 heavy (non-hydrogen) atoms. The molecule has 0 amide bonds. The molecular formula is C3H6S2. The third kappa shape index (κ3) is 4.70. The Morgan fingerprint density at radius 3 is 1.60 bits per heavy atom. The fourth-order valence-electron chi connectivity index (χ4n) is 0.0589. The van der Waals surface area contributed by atoms with Crippen LogP contribution in [0, 0.1) is 12.5 Å². The van der Waals surface area contributed by atoms with Gasteiger partial charge < -0.3 is 0 Å². The fourth-order valence-corrected chi connectivity index (χ4v) is 0.530. The molecule has 0 unspecified atom stereocenters. The molecule has 0 N–H and O–H groups in total. The fraction of sp³-hybridized carbons (Fsp3) is 0.333. The van der Waals surface area contributed by atoms with Crippen molar-refractivity contribution in [3.8, 4) is 0 Å². The standard InChI is InChI=1S/C3H6S2/c1-4-3-5-2/h1-3H2. The molecule has 0 heterocycles. The lowest BCUT2D eigenvalue weighted by molar-refractivity contribution is 2.28. The molecular weight excluding hydrogens is 100 g/mol. The predicted octanol–water partition coefficient (Wildman–Crippen LogP) is 1.99. The minimum atomic E-state index is 1.00. The highest BCUT2D eigenvalue weighted by molar-refractivity contribution is 8.17. The van der Waals surface area contributed by atoms with Gasteiger partial charge >= 0.3 is 0 Å². The van der Waals surface area contributed by atoms with Gasteiger partial charge in [-0.05, 0) is 0 Å². The van der Waals surface area contributed by atoms with Crippen molar-refractivity contribution in [3.63, 3.8) is 0 Å². The second kappa shape index (κ2) is 4.70. The van der Waals surface area contributed by atoms with Gasteiger partial charge in [0, 0.05) is 17.6 Å². The smallest absolute Gasteiger partial charge is 0.0392 e. The van der Waals surface area contributed by atoms with Gasteiger partial charge in [0.1, 0.15) is 0 Å². The van der Waals surface area contributed by atoms with E-state index in [4.69, 9.17) is 0 Å². The molecule has 0 saturated carbocycles. The molecule has 0 aliphatic carbocycles. The zero-order valence-corrected chi connectivity index (χ0v) is 4.57. The zero-order chi connectivity index (χ0) is 4.12. The third-order valence-electron chi connectivity index (χ3n) is 0.167. The van der Waals surface area contributed by atoms with Crippen LogP contribution >= 0.6 is 23.5 Å². The van der Waals surface area contributed by atoms with E-state index in [0.717, 1.165) is 5.08 Å². The minimum Gasteiger partial charge on any atom is -0.150 e. The van der Waals surface area contributed by atoms with Crippen LogP contribution < -0.4 is 0 Å². The average Bonchev–Trinajstić information content (AvgIpc) is 1.41. The van der Waals surface area contributed by atoms with Crippen LogP contribution in [0.1, 0.15) is 0 Å². The quantitative estimate of drug-likeness (QED) is 0.494. The number of rotatable bonds is 2. The molecule has 30 valence electrons. The van der Waals surface area contributed by atoms with Crippen molar-refractivity contribution in [2.75, 3.05) is 5.08 Å². The molecule has 0 aromatic rings. The van der Waals surface area contributed by atoms with Crippen LogP contribution in [0.25, 0.3) is 0 Å². The van der Waals surface area contributed by atoms with Crippen LogP contribution in [0.2, 0.25) is 0 Å². The molecule has 0 fully saturated rings. The van der Waals surface area contributed by atoms with Crippen LogP contribution in [0.15, 0.2) is 0 Å². The van der Waals surface area contributed by atoms with Crippen LogP contribution in [-0.2, 0) is 0 Å². The first kappa shape index (κ1) is 5.70. The minimum absolute atomic E-state index is 1.00. The maximum absolute atomic E-state index is 3.53. The van der Waals surface area contributed by atoms with Crippen molar-refractivity contribution < 1.29 is 0 Å². The predicted molar refractivity (Wildman–Crippen MR) is 30.8 cm³/mol. The van der Waals surface area contributed by atoms with Gasteiger partial charge in [-0.3, -0.25) is 0 Å². The van der Waals surface area contributed by atoms with Crippen LogP contribution in [0.4, 0.5) is 0 Å². The Kier molecular flexibility index (Phi) is 5.36. The number of hydrogen-bond donors (Lipinski definition) is 0. The molecule has 0 bridgehead atoms. The highest BCUT2D eigenvalue weighted by Gasteiger charge is 1.67. The van der Waals surface area contributed by atoms with Gasteiger partial charge in [-0.1, -0.05) is 0 Å². The normalized spacial score (nSPS) is 8.40. The highest BCUT2D eigenvalue weighted by atomic mass is 32.2. The van der Waals surface area contributed by atoms with Gasteiger partial charge in [0.25, 0.3) is 0 Å². The lowest BCUT2D eigenvalue weighted by Gasteiger charge is -1.80. The second-order valence-corrected chi connectivity index (χ2v) is 2.29. The van der Waals surface area contributed by atoms with Crippen molar-refractivity contribution in [3.05, 3.63) is 12.5 Å². The Bertz CT molecular complexity index is 12.4. The summed E-state index contributed by atoms with van der Waals surface area (Å²) >= 11 is 3.10. The first-order valence-electron chi connectivity index (χ1n) is 1.15. The molecule has 0 atom stereocenters. The van der Waals surface area contributed by atoms with Gasteiger partial charge in [-0.15, -0.1) is 0 Å². The summed E-state index contributed by atoms with van der Waals surface area (Å²) in [5, 5.41) is 1.00. The van der Waals surface area contributed by atoms with Crippen LogP contribution in [0.3, 0.4) is 0 Å². The summed E-state index contributed by atoms with van der Waals surface area (Å²) < 4.78 is 0. The largest absolute Gasteiger partial charge is 0.150 e. The summed E-state index contributed by atoms with van der Waals surface area (Å²) in [5.74, 6) is 0. The molecule has 0 aliphatic rings. The van der Waals surface area contributed by atoms with E-state index in [9.17, 15) is 0 Å². The van der Waals surface area contributed by atoms with Gasteiger partial charge in [0.2, 0.25) is 0 Å². The first-order chi connectivity index (χ1) is 2.41. The Morgan fingerprint density at radius 2 is 1.60 bits per heavy atom. The highest BCUT2D eigenvalue weighted by Crippen LogP contribution is 2.05. The molecule has 0 nitrogen and oxygen atoms in total. The van der Waals surface area contributed by atoms with Crippen molar-refractivity contribution in [1.82, 2.24) is 0 Å². The van der Waals surface area contributed by atoms with Crippen LogP contribution in [-0.4, -0.2) is 5.08 Å². The Balaban J connectivity index is 2.19. The van der Waals surface area contributed by atoms with Crippen molar-refractivity contribution in [2.24, 2.45) is 0 Å². The van der Waals surface area contributed by atoms with E-state index < -0.39 is 0 Å². The summed E-state index contributed by atoms with van der Waals surface area (Å²) in [6.45, 7) is 0. The SMILES string of the molecule is [CH2]SCS[CH2]. The number of thioether (sulfide) groups is 2. The zero-order valence-electron chi connectivity index (χ0n) is 2.94. The van der Waals surface area contributed by atoms with Gasteiger partial charge in [-0.2, -0.15) is 23.5 Å². The van der Waals surface area contributed by atoms with Crippen molar-refractivity contribution >= 4 is 23.5 Å². The Morgan fingerprint density at radius 1 is 1.20 bits per heavy atom. The molecule has 2 heteroatoms. The summed E-state index contributed by atoms with van der Waals surface area (Å²) in [6.07, 6.45) is 7.06. The van der Waals surface area contributed by atoms with Gasteiger partial charge in [-0.25, -0.2) is 0 Å². The average molecular weight is 106 g/mol. The number of hydrogen-bond acceptors (Lipinski definition) is 2. The molecule has 0 rings (SSSR count). The van der Waals surface area contributed by atoms with E-state index in [2.05, 4.69) is 12.5 Å². The van der Waals surface area contributed by atoms with Crippen molar-refractivity contribution in [1.29, 1.82) is 0 Å². The van der Waals surface area contributed by atoms with E-state index in [0.29, 0.717) is 0 Å². The molecule has 2 radical (unpaired) electrons. The lowest BCUT2D eigenvalue weighted by atomic mass is 11.9. The van der Waals surface area contributed by atoms with E-state index in [1.807, 2.05) is 0 Å². The van der Waals surface area contributed by atoms with Crippen LogP contribution in [0.5, 0.6) is 0 Å². The monoisotopic (exact) mass is 106 g/mol. The molecule has 0 aromatic heterocycles. The Hall–Kier alpha value is 0.700. The second-order valence-electron chi connectivity index (χ2n) is 0.526. The van der Waals surface area contributed by atoms with Gasteiger partial charge in [0.05, 0.1) is 0 Å². The summed E-state index contributed by atoms with van der Waals surface area (Å²) in [4.78, 5) is 0. The first-order valence-corrected chi connectivity index (χ1v) is 3.46. The van der Waals surface area contributed by atoms with Gasteiger partial charge in [0.15, 0.2) is 0 Å². The molecule has 0 aliphatic heterocycles. The van der Waals surface area contributed by atoms with E-state index in [1.54, 1.807) is 23.5 Å². The third-order valence-corrected chi connectivity index (χ3v) is 1.50. The lowest BCUT2D eigenvalue weighted by Crippen LogP contribution is -1.51. The van der Waals surface area contributed by atoms with E-state index in [1.165, 1.54) is 0 Å². The summed E-state index contributed by atoms with van der Waals surface area (Å²) in [5.41, 5.74) is 0. The Labute approximate surface area is 41.7 Å². The van der Waals surface area contributed by atoms with E-state index >= 15 is 0 Å². The summed E-state index contributed by atoms with van der Waals surface area (Å²) in [7, 11) is 0. The maximum Gasteiger partial charge on any atom is 0.0392 e. The molecule has 0 aromatic carbocycles. The molecule has 0 saturated heterocycles. The van der Waals surface area contributed by atoms with Crippen molar-refractivity contribution in [2.45, 2.75) is 0 Å². The summed E-state index contributed by atoms with van der Waals surface area (Å²) in [6, 6.07) is 0. The topological polar surface area (TPSA) is 0 Å². The molecule has 0 spiro atoms.